The number of hydrogen-bond acceptors (Lipinski definition) is 4. The Kier molecular flexibility index (Phi) is 7.49. The van der Waals surface area contributed by atoms with E-state index in [1.54, 1.807) is 19.1 Å². The molecule has 0 heterocycles. The molecule has 1 atom stereocenters. The molecule has 3 rings (SSSR count). The zero-order valence-corrected chi connectivity index (χ0v) is 18.9. The minimum atomic E-state index is -0.804. The number of benzene rings is 3. The Morgan fingerprint density at radius 2 is 1.62 bits per heavy atom. The second kappa shape index (κ2) is 10.5. The quantitative estimate of drug-likeness (QED) is 0.303. The average molecular weight is 432 g/mol. The van der Waals surface area contributed by atoms with Crippen molar-refractivity contribution < 1.29 is 14.4 Å². The van der Waals surface area contributed by atoms with Crippen molar-refractivity contribution in [3.8, 4) is 5.75 Å². The molecule has 0 aliphatic carbocycles. The van der Waals surface area contributed by atoms with Crippen LogP contribution in [0.4, 0.5) is 5.69 Å². The molecular weight excluding hydrogens is 402 g/mol. The van der Waals surface area contributed by atoms with Crippen LogP contribution >= 0.6 is 0 Å². The summed E-state index contributed by atoms with van der Waals surface area (Å²) in [5.41, 5.74) is 11.7. The summed E-state index contributed by atoms with van der Waals surface area (Å²) in [6.45, 7) is 8.07. The number of carbonyl (C=O) groups excluding carboxylic acids is 1. The van der Waals surface area contributed by atoms with Crippen molar-refractivity contribution in [1.82, 2.24) is 0 Å². The van der Waals surface area contributed by atoms with Gasteiger partial charge >= 0.3 is 0 Å². The fourth-order valence-electron chi connectivity index (χ4n) is 3.30. The summed E-state index contributed by atoms with van der Waals surface area (Å²) in [5, 5.41) is 6.85. The molecule has 6 heteroatoms. The van der Waals surface area contributed by atoms with Crippen molar-refractivity contribution in [1.29, 1.82) is 0 Å². The van der Waals surface area contributed by atoms with E-state index in [0.717, 1.165) is 33.7 Å². The molecule has 0 aromatic heterocycles. The van der Waals surface area contributed by atoms with Gasteiger partial charge in [-0.1, -0.05) is 53.2 Å². The van der Waals surface area contributed by atoms with E-state index in [0.29, 0.717) is 12.2 Å². The van der Waals surface area contributed by atoms with Crippen LogP contribution in [0.25, 0.3) is 0 Å². The first kappa shape index (κ1) is 22.9. The highest BCUT2D eigenvalue weighted by molar-refractivity contribution is 5.98. The molecule has 166 valence electrons. The maximum absolute atomic E-state index is 12.5. The third kappa shape index (κ3) is 6.11. The van der Waals surface area contributed by atoms with E-state index in [1.807, 2.05) is 75.4 Å². The number of nitrogens with zero attached hydrogens (tertiary/aromatic N) is 1. The van der Waals surface area contributed by atoms with Crippen LogP contribution in [0.1, 0.15) is 34.7 Å². The number of hydrogen-bond donors (Lipinski definition) is 2. The average Bonchev–Trinajstić information content (AvgIpc) is 2.79. The van der Waals surface area contributed by atoms with E-state index in [4.69, 9.17) is 15.3 Å². The molecule has 0 aliphatic rings. The second-order valence-electron chi connectivity index (χ2n) is 7.79. The van der Waals surface area contributed by atoms with Gasteiger partial charge in [0.1, 0.15) is 12.4 Å². The van der Waals surface area contributed by atoms with E-state index in [9.17, 15) is 4.79 Å². The normalized spacial score (nSPS) is 12.2. The Labute approximate surface area is 189 Å². The van der Waals surface area contributed by atoms with Gasteiger partial charge in [0, 0.05) is 11.3 Å². The number of nitrogens with two attached hydrogens (primary N) is 1. The molecule has 3 aromatic rings. The van der Waals surface area contributed by atoms with Crippen LogP contribution in [-0.4, -0.2) is 17.8 Å². The zero-order valence-electron chi connectivity index (χ0n) is 18.9. The highest BCUT2D eigenvalue weighted by Crippen LogP contribution is 2.22. The van der Waals surface area contributed by atoms with E-state index >= 15 is 0 Å². The van der Waals surface area contributed by atoms with E-state index in [-0.39, 0.29) is 11.7 Å². The molecule has 0 bridgehead atoms. The Morgan fingerprint density at radius 1 is 1.00 bits per heavy atom. The third-order valence-corrected chi connectivity index (χ3v) is 5.00. The van der Waals surface area contributed by atoms with Crippen LogP contribution in [0.2, 0.25) is 0 Å². The first-order valence-corrected chi connectivity index (χ1v) is 10.5. The van der Waals surface area contributed by atoms with Gasteiger partial charge in [0.05, 0.1) is 0 Å². The smallest absolute Gasteiger partial charge is 0.268 e. The summed E-state index contributed by atoms with van der Waals surface area (Å²) in [7, 11) is 0. The highest BCUT2D eigenvalue weighted by atomic mass is 16.6. The maximum atomic E-state index is 12.5. The van der Waals surface area contributed by atoms with Crippen LogP contribution in [-0.2, 0) is 16.2 Å². The second-order valence-corrected chi connectivity index (χ2v) is 7.79. The lowest BCUT2D eigenvalue weighted by Crippen LogP contribution is -2.28. The molecule has 0 saturated heterocycles. The fraction of sp³-hybridized carbons (Fsp3) is 0.231. The van der Waals surface area contributed by atoms with Crippen molar-refractivity contribution in [2.24, 2.45) is 10.9 Å². The standard InChI is InChI=1S/C26H29N3O3/c1-17-14-18(2)24(19(3)15-17)28-26(30)20(4)32-29-25(27)22-10-12-23(13-11-22)31-16-21-8-6-5-7-9-21/h5-15,20H,16H2,1-4H3,(H2,27,29)(H,28,30). The summed E-state index contributed by atoms with van der Waals surface area (Å²) in [6, 6.07) is 21.2. The number of carbonyl (C=O) groups is 1. The van der Waals surface area contributed by atoms with Crippen LogP contribution in [0.15, 0.2) is 71.9 Å². The predicted octanol–water partition coefficient (Wildman–Crippen LogP) is 4.85. The summed E-state index contributed by atoms with van der Waals surface area (Å²) in [6.07, 6.45) is -0.804. The molecule has 0 fully saturated rings. The van der Waals surface area contributed by atoms with Gasteiger partial charge in [0.15, 0.2) is 5.84 Å². The number of rotatable bonds is 8. The Balaban J connectivity index is 1.55. The SMILES string of the molecule is Cc1cc(C)c(NC(=O)C(C)O/N=C(/N)c2ccc(OCc3ccccc3)cc2)c(C)c1. The summed E-state index contributed by atoms with van der Waals surface area (Å²) >= 11 is 0. The molecule has 0 radical (unpaired) electrons. The van der Waals surface area contributed by atoms with Gasteiger partial charge in [-0.15, -0.1) is 0 Å². The van der Waals surface area contributed by atoms with Gasteiger partial charge in [-0.05, 0) is 68.7 Å². The van der Waals surface area contributed by atoms with Crippen molar-refractivity contribution in [3.63, 3.8) is 0 Å². The van der Waals surface area contributed by atoms with Crippen molar-refractivity contribution in [2.75, 3.05) is 5.32 Å². The topological polar surface area (TPSA) is 85.9 Å². The zero-order chi connectivity index (χ0) is 23.1. The minimum Gasteiger partial charge on any atom is -0.489 e. The fourth-order valence-corrected chi connectivity index (χ4v) is 3.30. The van der Waals surface area contributed by atoms with Crippen LogP contribution in [0.5, 0.6) is 5.75 Å². The number of amides is 1. The molecule has 0 spiro atoms. The van der Waals surface area contributed by atoms with Crippen LogP contribution in [0.3, 0.4) is 0 Å². The molecule has 6 nitrogen and oxygen atoms in total. The molecule has 0 aliphatic heterocycles. The Bertz CT molecular complexity index is 1070. The molecule has 3 N–H and O–H groups in total. The monoisotopic (exact) mass is 431 g/mol. The predicted molar refractivity (Wildman–Crippen MR) is 128 cm³/mol. The molecular formula is C26H29N3O3. The molecule has 0 saturated carbocycles. The number of nitrogens with one attached hydrogen (secondary N) is 1. The van der Waals surface area contributed by atoms with Gasteiger partial charge in [-0.25, -0.2) is 0 Å². The third-order valence-electron chi connectivity index (χ3n) is 5.00. The number of amidine groups is 1. The largest absolute Gasteiger partial charge is 0.489 e. The van der Waals surface area contributed by atoms with E-state index < -0.39 is 6.10 Å². The van der Waals surface area contributed by atoms with E-state index in [1.165, 1.54) is 0 Å². The summed E-state index contributed by atoms with van der Waals surface area (Å²) in [4.78, 5) is 17.9. The molecule has 3 aromatic carbocycles. The lowest BCUT2D eigenvalue weighted by molar-refractivity contribution is -0.126. The lowest BCUT2D eigenvalue weighted by Gasteiger charge is -2.15. The minimum absolute atomic E-state index is 0.182. The maximum Gasteiger partial charge on any atom is 0.268 e. The van der Waals surface area contributed by atoms with Crippen molar-refractivity contribution >= 4 is 17.4 Å². The number of aryl methyl sites for hydroxylation is 3. The van der Waals surface area contributed by atoms with Gasteiger partial charge in [-0.2, -0.15) is 0 Å². The van der Waals surface area contributed by atoms with Gasteiger partial charge in [0.2, 0.25) is 6.10 Å². The molecule has 32 heavy (non-hydrogen) atoms. The number of anilines is 1. The summed E-state index contributed by atoms with van der Waals surface area (Å²) in [5.74, 6) is 0.617. The Morgan fingerprint density at radius 3 is 2.25 bits per heavy atom. The molecule has 1 unspecified atom stereocenters. The summed E-state index contributed by atoms with van der Waals surface area (Å²) < 4.78 is 5.77. The molecule has 1 amide bonds. The van der Waals surface area contributed by atoms with Crippen LogP contribution in [0, 0.1) is 20.8 Å². The number of oxime groups is 1. The van der Waals surface area contributed by atoms with Crippen molar-refractivity contribution in [3.05, 3.63) is 94.5 Å². The highest BCUT2D eigenvalue weighted by Gasteiger charge is 2.17. The number of ether oxygens (including phenoxy) is 1. The van der Waals surface area contributed by atoms with Gasteiger partial charge in [-0.3, -0.25) is 4.79 Å². The van der Waals surface area contributed by atoms with Gasteiger partial charge in [0.25, 0.3) is 5.91 Å². The first-order chi connectivity index (χ1) is 15.3. The van der Waals surface area contributed by atoms with Crippen LogP contribution < -0.4 is 15.8 Å². The lowest BCUT2D eigenvalue weighted by atomic mass is 10.0. The first-order valence-electron chi connectivity index (χ1n) is 10.5. The van der Waals surface area contributed by atoms with Crippen molar-refractivity contribution in [2.45, 2.75) is 40.4 Å². The van der Waals surface area contributed by atoms with Gasteiger partial charge < -0.3 is 20.6 Å². The van der Waals surface area contributed by atoms with E-state index in [2.05, 4.69) is 10.5 Å². The Hall–Kier alpha value is -3.80.